The van der Waals surface area contributed by atoms with Crippen LogP contribution in [0.15, 0.2) is 22.7 Å². The van der Waals surface area contributed by atoms with E-state index in [0.717, 1.165) is 16.6 Å². The van der Waals surface area contributed by atoms with Gasteiger partial charge in [0.05, 0.1) is 6.10 Å². The molecule has 1 aliphatic heterocycles. The first-order valence-corrected chi connectivity index (χ1v) is 8.61. The molecule has 0 spiro atoms. The summed E-state index contributed by atoms with van der Waals surface area (Å²) in [7, 11) is 0. The lowest BCUT2D eigenvalue weighted by Crippen LogP contribution is -2.76. The van der Waals surface area contributed by atoms with Crippen LogP contribution in [0.2, 0.25) is 0 Å². The molecular weight excluding hydrogens is 380 g/mol. The van der Waals surface area contributed by atoms with E-state index in [1.54, 1.807) is 0 Å². The van der Waals surface area contributed by atoms with Crippen molar-refractivity contribution in [1.82, 2.24) is 0 Å². The molecule has 1 aliphatic carbocycles. The Bertz CT molecular complexity index is 623. The minimum absolute atomic E-state index is 0. The molecule has 2 N–H and O–H groups in total. The molecule has 1 aromatic rings. The molecule has 23 heavy (non-hydrogen) atoms. The maximum absolute atomic E-state index is 13.1. The highest BCUT2D eigenvalue weighted by atomic mass is 79.9. The van der Waals surface area contributed by atoms with E-state index in [-0.39, 0.29) is 29.8 Å². The first kappa shape index (κ1) is 18.7. The first-order chi connectivity index (χ1) is 10.3. The molecule has 2 atom stereocenters. The van der Waals surface area contributed by atoms with Crippen LogP contribution in [-0.2, 0) is 16.0 Å². The Labute approximate surface area is 152 Å². The van der Waals surface area contributed by atoms with Gasteiger partial charge >= 0.3 is 0 Å². The maximum atomic E-state index is 13.1. The van der Waals surface area contributed by atoms with Gasteiger partial charge in [-0.1, -0.05) is 29.8 Å². The maximum Gasteiger partial charge on any atom is 0.247 e. The zero-order valence-corrected chi connectivity index (χ0v) is 16.2. The Hall–Kier alpha value is -0.620. The van der Waals surface area contributed by atoms with Gasteiger partial charge in [-0.15, -0.1) is 12.4 Å². The lowest BCUT2D eigenvalue weighted by Gasteiger charge is -2.58. The van der Waals surface area contributed by atoms with Crippen LogP contribution in [0.25, 0.3) is 0 Å². The van der Waals surface area contributed by atoms with Crippen molar-refractivity contribution in [3.63, 3.8) is 0 Å². The summed E-state index contributed by atoms with van der Waals surface area (Å²) in [6, 6.07) is 6.06. The zero-order chi connectivity index (χ0) is 16.1. The number of nitrogens with two attached hydrogens (primary N) is 1. The van der Waals surface area contributed by atoms with Crippen molar-refractivity contribution >= 4 is 39.9 Å². The van der Waals surface area contributed by atoms with Crippen LogP contribution in [0.5, 0.6) is 0 Å². The number of rotatable bonds is 3. The Morgan fingerprint density at radius 2 is 2.17 bits per heavy atom. The van der Waals surface area contributed by atoms with E-state index in [4.69, 9.17) is 10.5 Å². The van der Waals surface area contributed by atoms with E-state index >= 15 is 0 Å². The van der Waals surface area contributed by atoms with Crippen LogP contribution in [-0.4, -0.2) is 30.7 Å². The van der Waals surface area contributed by atoms with Gasteiger partial charge in [0.25, 0.3) is 0 Å². The van der Waals surface area contributed by atoms with Gasteiger partial charge in [-0.05, 0) is 37.1 Å². The molecule has 0 saturated heterocycles. The van der Waals surface area contributed by atoms with E-state index in [0.29, 0.717) is 19.6 Å². The van der Waals surface area contributed by atoms with E-state index in [2.05, 4.69) is 22.0 Å². The predicted molar refractivity (Wildman–Crippen MR) is 98.2 cm³/mol. The normalized spacial score (nSPS) is 27.9. The third-order valence-corrected chi connectivity index (χ3v) is 5.89. The first-order valence-electron chi connectivity index (χ1n) is 7.82. The Kier molecular flexibility index (Phi) is 5.17. The van der Waals surface area contributed by atoms with Gasteiger partial charge in [0.2, 0.25) is 5.91 Å². The molecule has 2 unspecified atom stereocenters. The van der Waals surface area contributed by atoms with Crippen molar-refractivity contribution in [3.8, 4) is 0 Å². The molecule has 6 heteroatoms. The fraction of sp³-hybridized carbons (Fsp3) is 0.588. The van der Waals surface area contributed by atoms with Crippen molar-refractivity contribution < 1.29 is 9.53 Å². The molecule has 1 aromatic carbocycles. The third kappa shape index (κ3) is 2.72. The van der Waals surface area contributed by atoms with E-state index < -0.39 is 5.54 Å². The van der Waals surface area contributed by atoms with Gasteiger partial charge in [-0.3, -0.25) is 4.79 Å². The molecule has 1 saturated carbocycles. The van der Waals surface area contributed by atoms with Gasteiger partial charge in [0.1, 0.15) is 5.54 Å². The highest BCUT2D eigenvalue weighted by molar-refractivity contribution is 9.10. The quantitative estimate of drug-likeness (QED) is 0.842. The largest absolute Gasteiger partial charge is 0.378 e. The van der Waals surface area contributed by atoms with Gasteiger partial charge in [0, 0.05) is 35.1 Å². The lowest BCUT2D eigenvalue weighted by atomic mass is 9.54. The third-order valence-electron chi connectivity index (χ3n) is 5.39. The van der Waals surface area contributed by atoms with E-state index in [9.17, 15) is 4.79 Å². The number of halogens is 2. The van der Waals surface area contributed by atoms with Crippen molar-refractivity contribution in [2.24, 2.45) is 11.1 Å². The summed E-state index contributed by atoms with van der Waals surface area (Å²) in [6.07, 6.45) is 1.53. The van der Waals surface area contributed by atoms with Gasteiger partial charge < -0.3 is 15.4 Å². The Morgan fingerprint density at radius 1 is 1.48 bits per heavy atom. The second-order valence-electron chi connectivity index (χ2n) is 6.82. The van der Waals surface area contributed by atoms with Crippen LogP contribution < -0.4 is 10.6 Å². The van der Waals surface area contributed by atoms with Crippen LogP contribution in [0.3, 0.4) is 0 Å². The molecule has 0 aromatic heterocycles. The highest BCUT2D eigenvalue weighted by Gasteiger charge is 2.64. The number of ether oxygens (including phenoxy) is 1. The molecule has 4 nitrogen and oxygen atoms in total. The summed E-state index contributed by atoms with van der Waals surface area (Å²) in [5.41, 5.74) is 7.53. The van der Waals surface area contributed by atoms with Crippen LogP contribution in [0.4, 0.5) is 5.69 Å². The number of hydrogen-bond donors (Lipinski definition) is 1. The molecule has 1 heterocycles. The van der Waals surface area contributed by atoms with Crippen molar-refractivity contribution in [2.75, 3.05) is 18.1 Å². The molecule has 1 amide bonds. The average Bonchev–Trinajstić information content (AvgIpc) is 2.88. The van der Waals surface area contributed by atoms with E-state index in [1.807, 2.05) is 37.8 Å². The number of fused-ring (bicyclic) bond motifs is 1. The number of benzene rings is 1. The van der Waals surface area contributed by atoms with Crippen LogP contribution in [0, 0.1) is 5.41 Å². The van der Waals surface area contributed by atoms with Crippen LogP contribution in [0.1, 0.15) is 32.8 Å². The molecule has 3 rings (SSSR count). The molecule has 0 bridgehead atoms. The summed E-state index contributed by atoms with van der Waals surface area (Å²) in [4.78, 5) is 14.9. The minimum atomic E-state index is -0.846. The number of amides is 1. The second-order valence-corrected chi connectivity index (χ2v) is 7.74. The summed E-state index contributed by atoms with van der Waals surface area (Å²) in [5.74, 6) is 0.0227. The standard InChI is InChI=1S/C17H23BrN2O2.ClH/c1-4-22-14-10-17(19,16(14,2)3)15(21)20-8-7-11-9-12(18)5-6-13(11)20;/h5-6,9,14H,4,7-8,10,19H2,1-3H3;1H. The number of anilines is 1. The SMILES string of the molecule is CCOC1CC(N)(C(=O)N2CCc3cc(Br)ccc32)C1(C)C.Cl. The van der Waals surface area contributed by atoms with Crippen molar-refractivity contribution in [3.05, 3.63) is 28.2 Å². The molecular formula is C17H24BrClN2O2. The number of hydrogen-bond acceptors (Lipinski definition) is 3. The number of nitrogens with zero attached hydrogens (tertiary/aromatic N) is 1. The molecule has 128 valence electrons. The topological polar surface area (TPSA) is 55.6 Å². The summed E-state index contributed by atoms with van der Waals surface area (Å²) >= 11 is 3.48. The van der Waals surface area contributed by atoms with Crippen molar-refractivity contribution in [2.45, 2.75) is 45.3 Å². The Morgan fingerprint density at radius 3 is 2.78 bits per heavy atom. The van der Waals surface area contributed by atoms with E-state index in [1.165, 1.54) is 5.56 Å². The minimum Gasteiger partial charge on any atom is -0.378 e. The summed E-state index contributed by atoms with van der Waals surface area (Å²) in [6.45, 7) is 7.40. The summed E-state index contributed by atoms with van der Waals surface area (Å²) < 4.78 is 6.77. The second kappa shape index (κ2) is 6.36. The molecule has 1 fully saturated rings. The number of carbonyl (C=O) groups excluding carboxylic acids is 1. The zero-order valence-electron chi connectivity index (χ0n) is 13.8. The average molecular weight is 404 g/mol. The fourth-order valence-corrected chi connectivity index (χ4v) is 4.03. The van der Waals surface area contributed by atoms with Gasteiger partial charge in [0.15, 0.2) is 0 Å². The van der Waals surface area contributed by atoms with Gasteiger partial charge in [-0.25, -0.2) is 0 Å². The number of carbonyl (C=O) groups is 1. The monoisotopic (exact) mass is 402 g/mol. The highest BCUT2D eigenvalue weighted by Crippen LogP contribution is 2.51. The molecule has 0 radical (unpaired) electrons. The Balaban J connectivity index is 0.00000192. The smallest absolute Gasteiger partial charge is 0.247 e. The molecule has 2 aliphatic rings. The van der Waals surface area contributed by atoms with Gasteiger partial charge in [-0.2, -0.15) is 0 Å². The summed E-state index contributed by atoms with van der Waals surface area (Å²) in [5, 5.41) is 0. The predicted octanol–water partition coefficient (Wildman–Crippen LogP) is 3.29. The van der Waals surface area contributed by atoms with Crippen molar-refractivity contribution in [1.29, 1.82) is 0 Å². The fourth-order valence-electron chi connectivity index (χ4n) is 3.62. The van der Waals surface area contributed by atoms with Crippen LogP contribution >= 0.6 is 28.3 Å². The lowest BCUT2D eigenvalue weighted by molar-refractivity contribution is -0.168.